The summed E-state index contributed by atoms with van der Waals surface area (Å²) in [4.78, 5) is 2.62. The Kier molecular flexibility index (Phi) is 7.04. The van der Waals surface area contributed by atoms with Crippen molar-refractivity contribution in [3.8, 4) is 5.75 Å². The molecule has 1 N–H and O–H groups in total. The zero-order valence-electron chi connectivity index (χ0n) is 13.6. The van der Waals surface area contributed by atoms with Crippen LogP contribution >= 0.6 is 0 Å². The van der Waals surface area contributed by atoms with E-state index in [0.29, 0.717) is 6.04 Å². The van der Waals surface area contributed by atoms with Crippen molar-refractivity contribution in [1.82, 2.24) is 10.2 Å². The fourth-order valence-electron chi connectivity index (χ4n) is 3.08. The predicted molar refractivity (Wildman–Crippen MR) is 89.1 cm³/mol. The molecular weight excluding hydrogens is 260 g/mol. The molecule has 0 radical (unpaired) electrons. The van der Waals surface area contributed by atoms with Gasteiger partial charge in [-0.15, -0.1) is 0 Å². The van der Waals surface area contributed by atoms with E-state index >= 15 is 0 Å². The highest BCUT2D eigenvalue weighted by molar-refractivity contribution is 5.27. The molecule has 21 heavy (non-hydrogen) atoms. The molecule has 118 valence electrons. The van der Waals surface area contributed by atoms with Crippen LogP contribution in [0.15, 0.2) is 24.3 Å². The Labute approximate surface area is 129 Å². The van der Waals surface area contributed by atoms with Crippen molar-refractivity contribution in [2.75, 3.05) is 33.3 Å². The SMILES string of the molecule is CCCN(CCc1ccc(OC)cc1)CC1CCCCN1. The molecule has 0 spiro atoms. The lowest BCUT2D eigenvalue weighted by molar-refractivity contribution is 0.226. The summed E-state index contributed by atoms with van der Waals surface area (Å²) in [5, 5.41) is 3.66. The predicted octanol–water partition coefficient (Wildman–Crippen LogP) is 3.09. The third kappa shape index (κ3) is 5.68. The molecule has 0 aromatic heterocycles. The number of rotatable bonds is 8. The van der Waals surface area contributed by atoms with Crippen molar-refractivity contribution >= 4 is 0 Å². The van der Waals surface area contributed by atoms with Crippen LogP contribution in [0.1, 0.15) is 38.2 Å². The Morgan fingerprint density at radius 3 is 2.62 bits per heavy atom. The molecule has 1 aliphatic rings. The quantitative estimate of drug-likeness (QED) is 0.796. The molecule has 1 aromatic rings. The van der Waals surface area contributed by atoms with Crippen LogP contribution in [0, 0.1) is 0 Å². The topological polar surface area (TPSA) is 24.5 Å². The minimum atomic E-state index is 0.696. The van der Waals surface area contributed by atoms with E-state index in [1.165, 1.54) is 50.9 Å². The first kappa shape index (κ1) is 16.3. The van der Waals surface area contributed by atoms with E-state index in [1.54, 1.807) is 7.11 Å². The average Bonchev–Trinajstić information content (AvgIpc) is 2.54. The van der Waals surface area contributed by atoms with Crippen molar-refractivity contribution in [2.45, 2.75) is 45.1 Å². The van der Waals surface area contributed by atoms with Crippen LogP contribution in [0.4, 0.5) is 0 Å². The van der Waals surface area contributed by atoms with Gasteiger partial charge in [0.15, 0.2) is 0 Å². The van der Waals surface area contributed by atoms with Gasteiger partial charge in [0.2, 0.25) is 0 Å². The highest BCUT2D eigenvalue weighted by Crippen LogP contribution is 2.13. The second-order valence-corrected chi connectivity index (χ2v) is 6.05. The molecular formula is C18H30N2O. The summed E-state index contributed by atoms with van der Waals surface area (Å²) in [5.41, 5.74) is 1.40. The van der Waals surface area contributed by atoms with Crippen LogP contribution < -0.4 is 10.1 Å². The molecule has 1 atom stereocenters. The number of nitrogens with zero attached hydrogens (tertiary/aromatic N) is 1. The van der Waals surface area contributed by atoms with Gasteiger partial charge in [0.1, 0.15) is 5.75 Å². The molecule has 1 fully saturated rings. The zero-order chi connectivity index (χ0) is 14.9. The number of ether oxygens (including phenoxy) is 1. The van der Waals surface area contributed by atoms with E-state index in [-0.39, 0.29) is 0 Å². The number of hydrogen-bond acceptors (Lipinski definition) is 3. The number of nitrogens with one attached hydrogen (secondary N) is 1. The van der Waals surface area contributed by atoms with E-state index in [0.717, 1.165) is 18.7 Å². The highest BCUT2D eigenvalue weighted by Gasteiger charge is 2.16. The number of benzene rings is 1. The van der Waals surface area contributed by atoms with Gasteiger partial charge in [0.25, 0.3) is 0 Å². The summed E-state index contributed by atoms with van der Waals surface area (Å²) in [6.45, 7) is 7.02. The lowest BCUT2D eigenvalue weighted by Crippen LogP contribution is -2.44. The van der Waals surface area contributed by atoms with Crippen molar-refractivity contribution in [2.24, 2.45) is 0 Å². The van der Waals surface area contributed by atoms with Gasteiger partial charge in [-0.2, -0.15) is 0 Å². The summed E-state index contributed by atoms with van der Waals surface area (Å²) in [7, 11) is 1.72. The molecule has 0 saturated carbocycles. The smallest absolute Gasteiger partial charge is 0.118 e. The molecule has 0 aliphatic carbocycles. The summed E-state index contributed by atoms with van der Waals surface area (Å²) >= 11 is 0. The highest BCUT2D eigenvalue weighted by atomic mass is 16.5. The Morgan fingerprint density at radius 2 is 2.00 bits per heavy atom. The monoisotopic (exact) mass is 290 g/mol. The minimum Gasteiger partial charge on any atom is -0.497 e. The van der Waals surface area contributed by atoms with E-state index < -0.39 is 0 Å². The second-order valence-electron chi connectivity index (χ2n) is 6.05. The van der Waals surface area contributed by atoms with Gasteiger partial charge in [-0.1, -0.05) is 25.5 Å². The fourth-order valence-corrected chi connectivity index (χ4v) is 3.08. The molecule has 1 saturated heterocycles. The maximum Gasteiger partial charge on any atom is 0.118 e. The third-order valence-electron chi connectivity index (χ3n) is 4.31. The van der Waals surface area contributed by atoms with Crippen molar-refractivity contribution in [3.63, 3.8) is 0 Å². The van der Waals surface area contributed by atoms with Gasteiger partial charge in [0.05, 0.1) is 7.11 Å². The lowest BCUT2D eigenvalue weighted by atomic mass is 10.0. The maximum atomic E-state index is 5.22. The first-order chi connectivity index (χ1) is 10.3. The molecule has 3 nitrogen and oxygen atoms in total. The van der Waals surface area contributed by atoms with Gasteiger partial charge >= 0.3 is 0 Å². The van der Waals surface area contributed by atoms with E-state index in [4.69, 9.17) is 4.74 Å². The Morgan fingerprint density at radius 1 is 1.19 bits per heavy atom. The fraction of sp³-hybridized carbons (Fsp3) is 0.667. The van der Waals surface area contributed by atoms with Crippen molar-refractivity contribution in [3.05, 3.63) is 29.8 Å². The van der Waals surface area contributed by atoms with Crippen LogP contribution in [0.5, 0.6) is 5.75 Å². The maximum absolute atomic E-state index is 5.22. The molecule has 2 rings (SSSR count). The lowest BCUT2D eigenvalue weighted by Gasteiger charge is -2.30. The number of hydrogen-bond donors (Lipinski definition) is 1. The average molecular weight is 290 g/mol. The Hall–Kier alpha value is -1.06. The van der Waals surface area contributed by atoms with Crippen LogP contribution in [-0.4, -0.2) is 44.2 Å². The summed E-state index contributed by atoms with van der Waals surface area (Å²) in [6.07, 6.45) is 6.42. The van der Waals surface area contributed by atoms with Crippen LogP contribution in [0.3, 0.4) is 0 Å². The first-order valence-electron chi connectivity index (χ1n) is 8.40. The molecule has 1 aromatic carbocycles. The van der Waals surface area contributed by atoms with Crippen LogP contribution in [-0.2, 0) is 6.42 Å². The van der Waals surface area contributed by atoms with Crippen LogP contribution in [0.25, 0.3) is 0 Å². The van der Waals surface area contributed by atoms with E-state index in [1.807, 2.05) is 0 Å². The summed E-state index contributed by atoms with van der Waals surface area (Å²) < 4.78 is 5.22. The molecule has 1 heterocycles. The van der Waals surface area contributed by atoms with Crippen molar-refractivity contribution < 1.29 is 4.74 Å². The first-order valence-corrected chi connectivity index (χ1v) is 8.40. The summed E-state index contributed by atoms with van der Waals surface area (Å²) in [5.74, 6) is 0.940. The molecule has 3 heteroatoms. The minimum absolute atomic E-state index is 0.696. The number of piperidine rings is 1. The number of methoxy groups -OCH3 is 1. The van der Waals surface area contributed by atoms with Gasteiger partial charge < -0.3 is 15.0 Å². The van der Waals surface area contributed by atoms with E-state index in [9.17, 15) is 0 Å². The largest absolute Gasteiger partial charge is 0.497 e. The van der Waals surface area contributed by atoms with Crippen LogP contribution in [0.2, 0.25) is 0 Å². The molecule has 0 amide bonds. The molecule has 1 aliphatic heterocycles. The van der Waals surface area contributed by atoms with E-state index in [2.05, 4.69) is 41.4 Å². The zero-order valence-corrected chi connectivity index (χ0v) is 13.6. The van der Waals surface area contributed by atoms with Gasteiger partial charge in [-0.05, 0) is 56.5 Å². The Balaban J connectivity index is 1.80. The molecule has 0 bridgehead atoms. The third-order valence-corrected chi connectivity index (χ3v) is 4.31. The van der Waals surface area contributed by atoms with Gasteiger partial charge in [-0.25, -0.2) is 0 Å². The molecule has 1 unspecified atom stereocenters. The van der Waals surface area contributed by atoms with Gasteiger partial charge in [0, 0.05) is 19.1 Å². The summed E-state index contributed by atoms with van der Waals surface area (Å²) in [6, 6.07) is 9.18. The normalized spacial score (nSPS) is 18.9. The Bertz CT molecular complexity index is 385. The standard InChI is InChI=1S/C18H30N2O/c1-3-13-20(15-17-6-4-5-12-19-17)14-11-16-7-9-18(21-2)10-8-16/h7-10,17,19H,3-6,11-15H2,1-2H3. The van der Waals surface area contributed by atoms with Crippen molar-refractivity contribution in [1.29, 1.82) is 0 Å². The van der Waals surface area contributed by atoms with Gasteiger partial charge in [-0.3, -0.25) is 0 Å². The second kappa shape index (κ2) is 9.06.